The Bertz CT molecular complexity index is 598. The minimum absolute atomic E-state index is 0.116. The van der Waals surface area contributed by atoms with E-state index in [-0.39, 0.29) is 17.5 Å². The largest absolute Gasteiger partial charge is 0.335 e. The van der Waals surface area contributed by atoms with Crippen LogP contribution in [0.2, 0.25) is 0 Å². The molecule has 2 fully saturated rings. The summed E-state index contributed by atoms with van der Waals surface area (Å²) >= 11 is 0. The first kappa shape index (κ1) is 15.0. The van der Waals surface area contributed by atoms with Gasteiger partial charge in [0, 0.05) is 18.2 Å². The van der Waals surface area contributed by atoms with Crippen LogP contribution in [0.25, 0.3) is 0 Å². The fraction of sp³-hybridized carbons (Fsp3) is 0.556. The van der Waals surface area contributed by atoms with E-state index in [0.717, 1.165) is 32.2 Å². The zero-order valence-electron chi connectivity index (χ0n) is 12.7. The Morgan fingerprint density at radius 1 is 1.18 bits per heavy atom. The third-order valence-corrected chi connectivity index (χ3v) is 4.70. The standard InChI is InChI=1S/C18H21FN2O/c19-16-9-14(11-20)8-15(10-16)18(22)21(12-13-6-7-13)17-4-2-1-3-5-17/h8-10,13,17H,1-7,12H2. The Balaban J connectivity index is 1.84. The smallest absolute Gasteiger partial charge is 0.254 e. The highest BCUT2D eigenvalue weighted by Gasteiger charge is 2.32. The summed E-state index contributed by atoms with van der Waals surface area (Å²) in [6, 6.07) is 6.13. The van der Waals surface area contributed by atoms with Gasteiger partial charge in [-0.05, 0) is 49.8 Å². The maximum absolute atomic E-state index is 13.6. The summed E-state index contributed by atoms with van der Waals surface area (Å²) in [6.07, 6.45) is 8.00. The van der Waals surface area contributed by atoms with Crippen molar-refractivity contribution in [1.29, 1.82) is 5.26 Å². The van der Waals surface area contributed by atoms with Gasteiger partial charge in [-0.3, -0.25) is 4.79 Å². The topological polar surface area (TPSA) is 44.1 Å². The summed E-state index contributed by atoms with van der Waals surface area (Å²) in [5.41, 5.74) is 0.515. The van der Waals surface area contributed by atoms with Gasteiger partial charge in [0.1, 0.15) is 5.82 Å². The molecule has 22 heavy (non-hydrogen) atoms. The van der Waals surface area contributed by atoms with Gasteiger partial charge in [0.2, 0.25) is 0 Å². The van der Waals surface area contributed by atoms with E-state index in [4.69, 9.17) is 5.26 Å². The highest BCUT2D eigenvalue weighted by atomic mass is 19.1. The van der Waals surface area contributed by atoms with Gasteiger partial charge in [-0.1, -0.05) is 19.3 Å². The lowest BCUT2D eigenvalue weighted by Crippen LogP contribution is -2.42. The number of carbonyl (C=O) groups excluding carboxylic acids is 1. The molecular weight excluding hydrogens is 279 g/mol. The minimum atomic E-state index is -0.516. The Morgan fingerprint density at radius 3 is 2.55 bits per heavy atom. The van der Waals surface area contributed by atoms with E-state index >= 15 is 0 Å². The number of carbonyl (C=O) groups is 1. The van der Waals surface area contributed by atoms with Gasteiger partial charge in [0.15, 0.2) is 0 Å². The molecule has 3 nitrogen and oxygen atoms in total. The first-order valence-corrected chi connectivity index (χ1v) is 8.19. The van der Waals surface area contributed by atoms with Gasteiger partial charge in [-0.2, -0.15) is 5.26 Å². The number of hydrogen-bond acceptors (Lipinski definition) is 2. The number of hydrogen-bond donors (Lipinski definition) is 0. The molecule has 0 heterocycles. The van der Waals surface area contributed by atoms with Crippen molar-refractivity contribution in [2.45, 2.75) is 51.0 Å². The van der Waals surface area contributed by atoms with Crippen LogP contribution >= 0.6 is 0 Å². The van der Waals surface area contributed by atoms with Crippen molar-refractivity contribution in [2.24, 2.45) is 5.92 Å². The molecule has 1 amide bonds. The van der Waals surface area contributed by atoms with Crippen molar-refractivity contribution in [1.82, 2.24) is 4.90 Å². The van der Waals surface area contributed by atoms with Crippen LogP contribution < -0.4 is 0 Å². The van der Waals surface area contributed by atoms with Crippen molar-refractivity contribution >= 4 is 5.91 Å². The molecule has 2 saturated carbocycles. The molecule has 0 saturated heterocycles. The van der Waals surface area contributed by atoms with Crippen LogP contribution in [0.15, 0.2) is 18.2 Å². The molecule has 0 unspecified atom stereocenters. The fourth-order valence-electron chi connectivity index (χ4n) is 3.31. The van der Waals surface area contributed by atoms with Gasteiger partial charge in [0.25, 0.3) is 5.91 Å². The van der Waals surface area contributed by atoms with Crippen LogP contribution in [0.4, 0.5) is 4.39 Å². The maximum atomic E-state index is 13.6. The average molecular weight is 300 g/mol. The Labute approximate surface area is 130 Å². The molecule has 0 spiro atoms. The number of amides is 1. The highest BCUT2D eigenvalue weighted by Crippen LogP contribution is 2.33. The van der Waals surface area contributed by atoms with Crippen molar-refractivity contribution < 1.29 is 9.18 Å². The second-order valence-corrected chi connectivity index (χ2v) is 6.53. The fourth-order valence-corrected chi connectivity index (χ4v) is 3.31. The predicted octanol–water partition coefficient (Wildman–Crippen LogP) is 3.88. The lowest BCUT2D eigenvalue weighted by molar-refractivity contribution is 0.0621. The molecule has 0 atom stereocenters. The molecule has 2 aliphatic carbocycles. The van der Waals surface area contributed by atoms with Crippen molar-refractivity contribution in [3.05, 3.63) is 35.1 Å². The van der Waals surface area contributed by atoms with E-state index in [1.54, 1.807) is 0 Å². The van der Waals surface area contributed by atoms with Crippen LogP contribution in [0, 0.1) is 23.1 Å². The van der Waals surface area contributed by atoms with E-state index in [2.05, 4.69) is 0 Å². The normalized spacial score (nSPS) is 18.7. The summed E-state index contributed by atoms with van der Waals surface area (Å²) < 4.78 is 13.6. The molecule has 1 aromatic rings. The van der Waals surface area contributed by atoms with E-state index in [9.17, 15) is 9.18 Å². The summed E-state index contributed by atoms with van der Waals surface area (Å²) in [5.74, 6) is -0.0258. The predicted molar refractivity (Wildman–Crippen MR) is 81.7 cm³/mol. The Kier molecular flexibility index (Phi) is 4.42. The maximum Gasteiger partial charge on any atom is 0.254 e. The lowest BCUT2D eigenvalue weighted by atomic mass is 9.93. The quantitative estimate of drug-likeness (QED) is 0.847. The number of halogens is 1. The summed E-state index contributed by atoms with van der Waals surface area (Å²) in [6.45, 7) is 0.780. The van der Waals surface area contributed by atoms with Gasteiger partial charge in [0.05, 0.1) is 11.6 Å². The number of benzene rings is 1. The van der Waals surface area contributed by atoms with Gasteiger partial charge in [-0.15, -0.1) is 0 Å². The first-order valence-electron chi connectivity index (χ1n) is 8.19. The SMILES string of the molecule is N#Cc1cc(F)cc(C(=O)N(CC2CC2)C2CCCCC2)c1. The van der Waals surface area contributed by atoms with Crippen molar-refractivity contribution in [2.75, 3.05) is 6.54 Å². The van der Waals surface area contributed by atoms with Gasteiger partial charge in [-0.25, -0.2) is 4.39 Å². The van der Waals surface area contributed by atoms with Gasteiger partial charge < -0.3 is 4.90 Å². The molecular formula is C18H21FN2O. The average Bonchev–Trinajstić information content (AvgIpc) is 3.36. The van der Waals surface area contributed by atoms with E-state index in [0.29, 0.717) is 11.5 Å². The second kappa shape index (κ2) is 6.48. The monoisotopic (exact) mass is 300 g/mol. The zero-order valence-corrected chi connectivity index (χ0v) is 12.7. The third kappa shape index (κ3) is 3.47. The lowest BCUT2D eigenvalue weighted by Gasteiger charge is -2.34. The van der Waals surface area contributed by atoms with E-state index < -0.39 is 5.82 Å². The van der Waals surface area contributed by atoms with Crippen LogP contribution in [0.5, 0.6) is 0 Å². The van der Waals surface area contributed by atoms with Gasteiger partial charge >= 0.3 is 0 Å². The molecule has 2 aliphatic rings. The highest BCUT2D eigenvalue weighted by molar-refractivity contribution is 5.94. The molecule has 4 heteroatoms. The summed E-state index contributed by atoms with van der Waals surface area (Å²) in [5, 5.41) is 8.97. The number of nitriles is 1. The molecule has 1 aromatic carbocycles. The number of rotatable bonds is 4. The Morgan fingerprint density at radius 2 is 1.91 bits per heavy atom. The van der Waals surface area contributed by atoms with Crippen LogP contribution in [-0.2, 0) is 0 Å². The molecule has 0 aliphatic heterocycles. The second-order valence-electron chi connectivity index (χ2n) is 6.53. The molecule has 0 N–H and O–H groups in total. The van der Waals surface area contributed by atoms with Crippen LogP contribution in [0.3, 0.4) is 0 Å². The van der Waals surface area contributed by atoms with Crippen LogP contribution in [-0.4, -0.2) is 23.4 Å². The van der Waals surface area contributed by atoms with Crippen LogP contribution in [0.1, 0.15) is 60.9 Å². The molecule has 0 aromatic heterocycles. The zero-order chi connectivity index (χ0) is 15.5. The minimum Gasteiger partial charge on any atom is -0.335 e. The first-order chi connectivity index (χ1) is 10.7. The van der Waals surface area contributed by atoms with Crippen molar-refractivity contribution in [3.63, 3.8) is 0 Å². The summed E-state index contributed by atoms with van der Waals surface area (Å²) in [4.78, 5) is 14.8. The Hall–Kier alpha value is -1.89. The molecule has 0 radical (unpaired) electrons. The summed E-state index contributed by atoms with van der Waals surface area (Å²) in [7, 11) is 0. The van der Waals surface area contributed by atoms with E-state index in [1.807, 2.05) is 11.0 Å². The molecule has 116 valence electrons. The number of nitrogens with zero attached hydrogens (tertiary/aromatic N) is 2. The molecule has 3 rings (SSSR count). The third-order valence-electron chi connectivity index (χ3n) is 4.70. The van der Waals surface area contributed by atoms with Crippen molar-refractivity contribution in [3.8, 4) is 6.07 Å². The molecule has 0 bridgehead atoms. The van der Waals surface area contributed by atoms with E-state index in [1.165, 1.54) is 37.5 Å².